The highest BCUT2D eigenvalue weighted by Gasteiger charge is 2.08. The molecule has 0 saturated carbocycles. The van der Waals surface area contributed by atoms with Crippen LogP contribution in [0.15, 0.2) is 33.5 Å². The number of nitrogens with one attached hydrogen (secondary N) is 1. The molecule has 0 unspecified atom stereocenters. The second-order valence-corrected chi connectivity index (χ2v) is 3.92. The van der Waals surface area contributed by atoms with E-state index in [0.29, 0.717) is 16.7 Å². The molecule has 6 heteroatoms. The topological polar surface area (TPSA) is 85.6 Å². The van der Waals surface area contributed by atoms with Crippen molar-refractivity contribution in [2.45, 2.75) is 13.8 Å². The molecular formula is C13H11NO5. The van der Waals surface area contributed by atoms with Gasteiger partial charge in [-0.2, -0.15) is 0 Å². The first-order valence-corrected chi connectivity index (χ1v) is 5.49. The minimum absolute atomic E-state index is 0.0416. The number of anilines is 1. The number of hydrogen-bond acceptors (Lipinski definition) is 5. The van der Waals surface area contributed by atoms with Crippen LogP contribution in [0.3, 0.4) is 0 Å². The Hall–Kier alpha value is -2.63. The molecule has 1 heterocycles. The van der Waals surface area contributed by atoms with Crippen LogP contribution in [0.2, 0.25) is 0 Å². The number of esters is 1. The average Bonchev–Trinajstić information content (AvgIpc) is 2.29. The van der Waals surface area contributed by atoms with Gasteiger partial charge in [-0.3, -0.25) is 9.59 Å². The number of carbonyl (C=O) groups excluding carboxylic acids is 2. The number of amides is 1. The highest BCUT2D eigenvalue weighted by Crippen LogP contribution is 2.22. The molecule has 2 aromatic rings. The van der Waals surface area contributed by atoms with E-state index < -0.39 is 11.6 Å². The lowest BCUT2D eigenvalue weighted by atomic mass is 10.2. The minimum atomic E-state index is -0.636. The van der Waals surface area contributed by atoms with Gasteiger partial charge in [0.05, 0.1) is 0 Å². The molecule has 0 aliphatic heterocycles. The lowest BCUT2D eigenvalue weighted by Gasteiger charge is -2.04. The molecule has 1 aromatic heterocycles. The lowest BCUT2D eigenvalue weighted by Crippen LogP contribution is -2.14. The largest absolute Gasteiger partial charge is 0.427 e. The van der Waals surface area contributed by atoms with Crippen molar-refractivity contribution >= 4 is 28.5 Å². The van der Waals surface area contributed by atoms with Gasteiger partial charge >= 0.3 is 11.6 Å². The van der Waals surface area contributed by atoms with Gasteiger partial charge in [0.15, 0.2) is 0 Å². The SMILES string of the molecule is CC(=O)Nc1cc2cc(OC(C)=O)ccc2oc1=O. The fourth-order valence-electron chi connectivity index (χ4n) is 1.61. The maximum atomic E-state index is 11.6. The van der Waals surface area contributed by atoms with Gasteiger partial charge in [-0.15, -0.1) is 0 Å². The van der Waals surface area contributed by atoms with Crippen LogP contribution in [0.1, 0.15) is 13.8 Å². The van der Waals surface area contributed by atoms with E-state index >= 15 is 0 Å². The van der Waals surface area contributed by atoms with Crippen LogP contribution >= 0.6 is 0 Å². The summed E-state index contributed by atoms with van der Waals surface area (Å²) in [5.74, 6) is -0.482. The molecule has 0 saturated heterocycles. The first-order valence-electron chi connectivity index (χ1n) is 5.49. The van der Waals surface area contributed by atoms with E-state index in [1.807, 2.05) is 0 Å². The highest BCUT2D eigenvalue weighted by atomic mass is 16.5. The van der Waals surface area contributed by atoms with Crippen molar-refractivity contribution in [2.75, 3.05) is 5.32 Å². The van der Waals surface area contributed by atoms with Crippen LogP contribution < -0.4 is 15.7 Å². The zero-order chi connectivity index (χ0) is 14.0. The Labute approximate surface area is 108 Å². The van der Waals surface area contributed by atoms with E-state index in [2.05, 4.69) is 5.32 Å². The van der Waals surface area contributed by atoms with Crippen LogP contribution in [0.4, 0.5) is 5.69 Å². The van der Waals surface area contributed by atoms with Crippen LogP contribution in [0.25, 0.3) is 11.0 Å². The first kappa shape index (κ1) is 12.8. The summed E-state index contributed by atoms with van der Waals surface area (Å²) >= 11 is 0. The Balaban J connectivity index is 2.51. The van der Waals surface area contributed by atoms with Gasteiger partial charge in [-0.05, 0) is 24.3 Å². The third-order valence-corrected chi connectivity index (χ3v) is 2.28. The van der Waals surface area contributed by atoms with Crippen molar-refractivity contribution in [3.8, 4) is 5.75 Å². The predicted molar refractivity (Wildman–Crippen MR) is 68.1 cm³/mol. The van der Waals surface area contributed by atoms with E-state index in [9.17, 15) is 14.4 Å². The third-order valence-electron chi connectivity index (χ3n) is 2.28. The molecule has 6 nitrogen and oxygen atoms in total. The second kappa shape index (κ2) is 4.93. The summed E-state index contributed by atoms with van der Waals surface area (Å²) in [6, 6.07) is 6.05. The summed E-state index contributed by atoms with van der Waals surface area (Å²) in [6.45, 7) is 2.58. The van der Waals surface area contributed by atoms with Gasteiger partial charge in [-0.1, -0.05) is 0 Å². The monoisotopic (exact) mass is 261 g/mol. The van der Waals surface area contributed by atoms with Crippen molar-refractivity contribution < 1.29 is 18.7 Å². The molecule has 2 rings (SSSR count). The number of benzene rings is 1. The zero-order valence-electron chi connectivity index (χ0n) is 10.4. The fourth-order valence-corrected chi connectivity index (χ4v) is 1.61. The molecule has 0 aliphatic rings. The second-order valence-electron chi connectivity index (χ2n) is 3.92. The number of rotatable bonds is 2. The van der Waals surface area contributed by atoms with Gasteiger partial charge in [0.25, 0.3) is 0 Å². The third kappa shape index (κ3) is 2.98. The lowest BCUT2D eigenvalue weighted by molar-refractivity contribution is -0.131. The standard InChI is InChI=1S/C13H11NO5/c1-7(15)14-11-6-9-5-10(18-8(2)16)3-4-12(9)19-13(11)17/h3-6H,1-2H3,(H,14,15). The van der Waals surface area contributed by atoms with Gasteiger partial charge < -0.3 is 14.5 Å². The molecule has 1 aromatic carbocycles. The molecule has 0 fully saturated rings. The molecule has 0 atom stereocenters. The fraction of sp³-hybridized carbons (Fsp3) is 0.154. The van der Waals surface area contributed by atoms with E-state index in [0.717, 1.165) is 0 Å². The number of ether oxygens (including phenoxy) is 1. The summed E-state index contributed by atoms with van der Waals surface area (Å²) in [4.78, 5) is 33.4. The van der Waals surface area contributed by atoms with Crippen LogP contribution in [-0.4, -0.2) is 11.9 Å². The Morgan fingerprint density at radius 3 is 2.58 bits per heavy atom. The van der Waals surface area contributed by atoms with E-state index in [4.69, 9.17) is 9.15 Å². The van der Waals surface area contributed by atoms with Crippen molar-refractivity contribution in [1.82, 2.24) is 0 Å². The number of fused-ring (bicyclic) bond motifs is 1. The maximum absolute atomic E-state index is 11.6. The van der Waals surface area contributed by atoms with Gasteiger partial charge in [0.1, 0.15) is 17.0 Å². The maximum Gasteiger partial charge on any atom is 0.360 e. The van der Waals surface area contributed by atoms with E-state index in [-0.39, 0.29) is 11.6 Å². The van der Waals surface area contributed by atoms with E-state index in [1.165, 1.54) is 32.0 Å². The molecule has 1 N–H and O–H groups in total. The summed E-state index contributed by atoms with van der Waals surface area (Å²) in [5, 5.41) is 2.92. The van der Waals surface area contributed by atoms with Gasteiger partial charge in [0.2, 0.25) is 5.91 Å². The summed E-state index contributed by atoms with van der Waals surface area (Å²) in [6.07, 6.45) is 0. The average molecular weight is 261 g/mol. The Morgan fingerprint density at radius 2 is 1.95 bits per heavy atom. The summed E-state index contributed by atoms with van der Waals surface area (Å²) in [5.41, 5.74) is -0.252. The Kier molecular flexibility index (Phi) is 3.33. The van der Waals surface area contributed by atoms with Crippen molar-refractivity contribution in [1.29, 1.82) is 0 Å². The molecule has 0 spiro atoms. The predicted octanol–water partition coefficient (Wildman–Crippen LogP) is 1.68. The molecular weight excluding hydrogens is 250 g/mol. The normalized spacial score (nSPS) is 10.2. The highest BCUT2D eigenvalue weighted by molar-refractivity contribution is 5.91. The van der Waals surface area contributed by atoms with Crippen molar-refractivity contribution in [3.05, 3.63) is 34.7 Å². The van der Waals surface area contributed by atoms with Gasteiger partial charge in [0, 0.05) is 19.2 Å². The van der Waals surface area contributed by atoms with Crippen molar-refractivity contribution in [3.63, 3.8) is 0 Å². The molecule has 0 radical (unpaired) electrons. The molecule has 1 amide bonds. The van der Waals surface area contributed by atoms with Crippen LogP contribution in [0.5, 0.6) is 5.75 Å². The Bertz CT molecular complexity index is 717. The van der Waals surface area contributed by atoms with Crippen LogP contribution in [0, 0.1) is 0 Å². The van der Waals surface area contributed by atoms with Crippen molar-refractivity contribution in [2.24, 2.45) is 0 Å². The molecule has 0 aliphatic carbocycles. The summed E-state index contributed by atoms with van der Waals surface area (Å²) in [7, 11) is 0. The van der Waals surface area contributed by atoms with Crippen LogP contribution in [-0.2, 0) is 9.59 Å². The Morgan fingerprint density at radius 1 is 1.21 bits per heavy atom. The number of hydrogen-bond donors (Lipinski definition) is 1. The zero-order valence-corrected chi connectivity index (χ0v) is 10.4. The first-order chi connectivity index (χ1) is 8.95. The molecule has 19 heavy (non-hydrogen) atoms. The number of carbonyl (C=O) groups is 2. The smallest absolute Gasteiger partial charge is 0.360 e. The summed E-state index contributed by atoms with van der Waals surface area (Å²) < 4.78 is 9.97. The minimum Gasteiger partial charge on any atom is -0.427 e. The van der Waals surface area contributed by atoms with Gasteiger partial charge in [-0.25, -0.2) is 4.79 Å². The molecule has 98 valence electrons. The quantitative estimate of drug-likeness (QED) is 0.505. The van der Waals surface area contributed by atoms with E-state index in [1.54, 1.807) is 6.07 Å². The molecule has 0 bridgehead atoms.